The fourth-order valence-corrected chi connectivity index (χ4v) is 2.02. The van der Waals surface area contributed by atoms with E-state index >= 15 is 0 Å². The summed E-state index contributed by atoms with van der Waals surface area (Å²) in [6, 6.07) is 2.69. The maximum atomic E-state index is 13.8. The highest BCUT2D eigenvalue weighted by Gasteiger charge is 2.18. The minimum absolute atomic E-state index is 0.0276. The molecule has 0 aliphatic rings. The molecule has 0 saturated carbocycles. The molecule has 0 aromatic heterocycles. The number of hydrogen-bond donors (Lipinski definition) is 0. The summed E-state index contributed by atoms with van der Waals surface area (Å²) in [7, 11) is 1.71. The molecule has 0 radical (unpaired) electrons. The highest BCUT2D eigenvalue weighted by atomic mass is 35.5. The van der Waals surface area contributed by atoms with Crippen molar-refractivity contribution in [2.45, 2.75) is 38.6 Å². The molecule has 1 unspecified atom stereocenters. The van der Waals surface area contributed by atoms with Gasteiger partial charge in [0.15, 0.2) is 0 Å². The van der Waals surface area contributed by atoms with Gasteiger partial charge in [-0.2, -0.15) is 0 Å². The Kier molecular flexibility index (Phi) is 5.19. The summed E-state index contributed by atoms with van der Waals surface area (Å²) >= 11 is 5.57. The van der Waals surface area contributed by atoms with E-state index in [-0.39, 0.29) is 17.6 Å². The van der Waals surface area contributed by atoms with Crippen molar-refractivity contribution in [2.75, 3.05) is 11.9 Å². The SMILES string of the molecule is CCCC(C)N(C)c1c(F)cc(CCl)cc1F. The van der Waals surface area contributed by atoms with E-state index in [1.54, 1.807) is 11.9 Å². The van der Waals surface area contributed by atoms with Crippen LogP contribution in [-0.4, -0.2) is 13.1 Å². The number of benzene rings is 1. The standard InChI is InChI=1S/C13H18ClF2N/c1-4-5-9(2)17(3)13-11(15)6-10(8-14)7-12(13)16/h6-7,9H,4-5,8H2,1-3H3. The van der Waals surface area contributed by atoms with Crippen LogP contribution in [0.2, 0.25) is 0 Å². The van der Waals surface area contributed by atoms with Gasteiger partial charge < -0.3 is 4.90 Å². The quantitative estimate of drug-likeness (QED) is 0.713. The van der Waals surface area contributed by atoms with Crippen LogP contribution in [-0.2, 0) is 5.88 Å². The van der Waals surface area contributed by atoms with Gasteiger partial charge in [0, 0.05) is 19.0 Å². The zero-order chi connectivity index (χ0) is 13.0. The lowest BCUT2D eigenvalue weighted by atomic mass is 10.1. The van der Waals surface area contributed by atoms with Gasteiger partial charge in [-0.25, -0.2) is 8.78 Å². The van der Waals surface area contributed by atoms with Crippen molar-refractivity contribution in [1.82, 2.24) is 0 Å². The number of rotatable bonds is 5. The zero-order valence-electron chi connectivity index (χ0n) is 10.4. The average Bonchev–Trinajstić information content (AvgIpc) is 2.28. The summed E-state index contributed by atoms with van der Waals surface area (Å²) in [5.74, 6) is -0.986. The van der Waals surface area contributed by atoms with Crippen LogP contribution in [0.15, 0.2) is 12.1 Å². The Bertz CT molecular complexity index is 359. The van der Waals surface area contributed by atoms with Crippen molar-refractivity contribution in [3.8, 4) is 0 Å². The van der Waals surface area contributed by atoms with Gasteiger partial charge in [0.1, 0.15) is 17.3 Å². The van der Waals surface area contributed by atoms with Crippen LogP contribution in [0, 0.1) is 11.6 Å². The van der Waals surface area contributed by atoms with Gasteiger partial charge in [-0.05, 0) is 31.0 Å². The van der Waals surface area contributed by atoms with E-state index in [9.17, 15) is 8.78 Å². The summed E-state index contributed by atoms with van der Waals surface area (Å²) in [4.78, 5) is 1.65. The number of nitrogens with zero attached hydrogens (tertiary/aromatic N) is 1. The molecule has 1 nitrogen and oxygen atoms in total. The van der Waals surface area contributed by atoms with Crippen LogP contribution >= 0.6 is 11.6 Å². The maximum absolute atomic E-state index is 13.8. The summed E-state index contributed by atoms with van der Waals surface area (Å²) < 4.78 is 27.6. The molecular weight excluding hydrogens is 244 g/mol. The third-order valence-corrected chi connectivity index (χ3v) is 3.26. The molecule has 4 heteroatoms. The molecule has 1 rings (SSSR count). The molecule has 0 amide bonds. The molecule has 1 atom stereocenters. The minimum Gasteiger partial charge on any atom is -0.367 e. The first-order chi connectivity index (χ1) is 8.01. The largest absolute Gasteiger partial charge is 0.367 e. The van der Waals surface area contributed by atoms with Crippen molar-refractivity contribution in [1.29, 1.82) is 0 Å². The number of halogens is 3. The summed E-state index contributed by atoms with van der Waals surface area (Å²) in [6.45, 7) is 4.01. The van der Waals surface area contributed by atoms with E-state index in [0.29, 0.717) is 5.56 Å². The Morgan fingerprint density at radius 1 is 1.29 bits per heavy atom. The normalized spacial score (nSPS) is 12.6. The molecular formula is C13H18ClF2N. The molecule has 0 fully saturated rings. The fourth-order valence-electron chi connectivity index (χ4n) is 1.86. The molecule has 17 heavy (non-hydrogen) atoms. The molecule has 1 aromatic carbocycles. The summed E-state index contributed by atoms with van der Waals surface area (Å²) in [5, 5.41) is 0. The Hall–Kier alpha value is -0.830. The Balaban J connectivity index is 3.05. The topological polar surface area (TPSA) is 3.24 Å². The summed E-state index contributed by atoms with van der Waals surface area (Å²) in [6.07, 6.45) is 1.88. The molecule has 0 aliphatic carbocycles. The first kappa shape index (κ1) is 14.2. The van der Waals surface area contributed by atoms with Crippen LogP contribution < -0.4 is 4.90 Å². The number of anilines is 1. The number of hydrogen-bond acceptors (Lipinski definition) is 1. The third kappa shape index (κ3) is 3.32. The Morgan fingerprint density at radius 2 is 1.82 bits per heavy atom. The van der Waals surface area contributed by atoms with Gasteiger partial charge in [0.2, 0.25) is 0 Å². The summed E-state index contributed by atoms with van der Waals surface area (Å²) in [5.41, 5.74) is 0.488. The first-order valence-electron chi connectivity index (χ1n) is 5.78. The highest BCUT2D eigenvalue weighted by Crippen LogP contribution is 2.27. The number of alkyl halides is 1. The van der Waals surface area contributed by atoms with Gasteiger partial charge >= 0.3 is 0 Å². The van der Waals surface area contributed by atoms with Crippen LogP contribution in [0.4, 0.5) is 14.5 Å². The molecule has 0 N–H and O–H groups in total. The van der Waals surface area contributed by atoms with Crippen molar-refractivity contribution >= 4 is 17.3 Å². The molecule has 0 heterocycles. The van der Waals surface area contributed by atoms with Crippen LogP contribution in [0.5, 0.6) is 0 Å². The molecule has 0 spiro atoms. The highest BCUT2D eigenvalue weighted by molar-refractivity contribution is 6.17. The van der Waals surface area contributed by atoms with Crippen molar-refractivity contribution in [3.63, 3.8) is 0 Å². The minimum atomic E-state index is -0.550. The van der Waals surface area contributed by atoms with Crippen LogP contribution in [0.25, 0.3) is 0 Å². The average molecular weight is 262 g/mol. The van der Waals surface area contributed by atoms with Gasteiger partial charge in [0.25, 0.3) is 0 Å². The third-order valence-electron chi connectivity index (χ3n) is 2.95. The Labute approximate surface area is 106 Å². The lowest BCUT2D eigenvalue weighted by molar-refractivity contribution is 0.546. The zero-order valence-corrected chi connectivity index (χ0v) is 11.2. The van der Waals surface area contributed by atoms with Gasteiger partial charge in [-0.3, -0.25) is 0 Å². The monoisotopic (exact) mass is 261 g/mol. The van der Waals surface area contributed by atoms with Crippen molar-refractivity contribution in [2.24, 2.45) is 0 Å². The van der Waals surface area contributed by atoms with E-state index in [1.807, 2.05) is 13.8 Å². The van der Waals surface area contributed by atoms with Gasteiger partial charge in [-0.1, -0.05) is 13.3 Å². The molecule has 0 aliphatic heterocycles. The first-order valence-corrected chi connectivity index (χ1v) is 6.31. The van der Waals surface area contributed by atoms with Crippen molar-refractivity contribution < 1.29 is 8.78 Å². The van der Waals surface area contributed by atoms with E-state index in [2.05, 4.69) is 0 Å². The lowest BCUT2D eigenvalue weighted by Crippen LogP contribution is -2.30. The fraction of sp³-hybridized carbons (Fsp3) is 0.538. The van der Waals surface area contributed by atoms with E-state index in [1.165, 1.54) is 12.1 Å². The lowest BCUT2D eigenvalue weighted by Gasteiger charge is -2.27. The Morgan fingerprint density at radius 3 is 2.24 bits per heavy atom. The van der Waals surface area contributed by atoms with Gasteiger partial charge in [-0.15, -0.1) is 11.6 Å². The smallest absolute Gasteiger partial charge is 0.149 e. The van der Waals surface area contributed by atoms with Crippen LogP contribution in [0.1, 0.15) is 32.3 Å². The van der Waals surface area contributed by atoms with E-state index in [0.717, 1.165) is 12.8 Å². The maximum Gasteiger partial charge on any atom is 0.149 e. The van der Waals surface area contributed by atoms with E-state index < -0.39 is 11.6 Å². The molecule has 0 saturated heterocycles. The predicted molar refractivity (Wildman–Crippen MR) is 68.7 cm³/mol. The second-order valence-electron chi connectivity index (χ2n) is 4.29. The molecule has 96 valence electrons. The van der Waals surface area contributed by atoms with Gasteiger partial charge in [0.05, 0.1) is 0 Å². The molecule has 0 bridgehead atoms. The second kappa shape index (κ2) is 6.20. The second-order valence-corrected chi connectivity index (χ2v) is 4.56. The van der Waals surface area contributed by atoms with E-state index in [4.69, 9.17) is 11.6 Å². The van der Waals surface area contributed by atoms with Crippen LogP contribution in [0.3, 0.4) is 0 Å². The molecule has 1 aromatic rings. The van der Waals surface area contributed by atoms with Crippen molar-refractivity contribution in [3.05, 3.63) is 29.3 Å². The predicted octanol–water partition coefficient (Wildman–Crippen LogP) is 4.33.